The van der Waals surface area contributed by atoms with Crippen LogP contribution in [0.25, 0.3) is 11.0 Å². The van der Waals surface area contributed by atoms with Gasteiger partial charge in [-0.05, 0) is 0 Å². The maximum Gasteiger partial charge on any atom is 0.507 e. The fraction of sp³-hybridized carbons (Fsp3) is 0.333. The van der Waals surface area contributed by atoms with Crippen LogP contribution in [0, 0.1) is 11.3 Å². The highest BCUT2D eigenvalue weighted by atomic mass is 32.2. The molecule has 0 saturated carbocycles. The molecule has 0 aliphatic carbocycles. The summed E-state index contributed by atoms with van der Waals surface area (Å²) >= 11 is -2.28. The lowest BCUT2D eigenvalue weighted by molar-refractivity contribution is -0.391. The molecular weight excluding hydrogens is 372 g/mol. The van der Waals surface area contributed by atoms with Gasteiger partial charge < -0.3 is 9.47 Å². The minimum absolute atomic E-state index is 0.101. The third-order valence-electron chi connectivity index (χ3n) is 2.96. The van der Waals surface area contributed by atoms with Gasteiger partial charge in [0.15, 0.2) is 11.5 Å². The summed E-state index contributed by atoms with van der Waals surface area (Å²) in [5, 5.41) is 10.2. The van der Waals surface area contributed by atoms with Gasteiger partial charge in [0, 0.05) is 26.2 Å². The number of hydrogen-bond acceptors (Lipinski definition) is 7. The summed E-state index contributed by atoms with van der Waals surface area (Å²) in [6.45, 7) is 0. The van der Waals surface area contributed by atoms with E-state index in [2.05, 4.69) is 14.5 Å². The molecule has 1 aromatic heterocycles. The van der Waals surface area contributed by atoms with Crippen molar-refractivity contribution < 1.29 is 35.5 Å². The van der Waals surface area contributed by atoms with E-state index in [1.807, 2.05) is 0 Å². The van der Waals surface area contributed by atoms with Gasteiger partial charge in [-0.2, -0.15) is 32.2 Å². The normalized spacial score (nSPS) is 19.0. The lowest BCUT2D eigenvalue weighted by atomic mass is 10.2. The Bertz CT molecular complexity index is 924. The molecule has 0 amide bonds. The summed E-state index contributed by atoms with van der Waals surface area (Å²) < 4.78 is 79.0. The van der Waals surface area contributed by atoms with Crippen molar-refractivity contribution in [1.29, 1.82) is 5.26 Å². The Morgan fingerprint density at radius 1 is 1.24 bits per heavy atom. The van der Waals surface area contributed by atoms with Gasteiger partial charge in [-0.25, -0.2) is 13.2 Å². The summed E-state index contributed by atoms with van der Waals surface area (Å²) in [6.07, 6.45) is -9.79. The van der Waals surface area contributed by atoms with Crippen LogP contribution in [0.2, 0.25) is 0 Å². The Labute approximate surface area is 139 Å². The van der Waals surface area contributed by atoms with Gasteiger partial charge in [0.25, 0.3) is 11.3 Å². The minimum atomic E-state index is -4.91. The first kappa shape index (κ1) is 17.4. The molecular formula is C12H8F4N4O4S. The second kappa shape index (κ2) is 5.55. The van der Waals surface area contributed by atoms with Gasteiger partial charge in [0.1, 0.15) is 6.07 Å². The molecule has 1 aliphatic rings. The van der Waals surface area contributed by atoms with E-state index in [1.165, 1.54) is 14.1 Å². The highest BCUT2D eigenvalue weighted by molar-refractivity contribution is 7.78. The van der Waals surface area contributed by atoms with E-state index >= 15 is 0 Å². The third-order valence-corrected chi connectivity index (χ3v) is 4.05. The maximum atomic E-state index is 13.3. The van der Waals surface area contributed by atoms with E-state index in [1.54, 1.807) is 6.07 Å². The molecule has 0 bridgehead atoms. The molecule has 0 N–H and O–H groups in total. The predicted molar refractivity (Wildman–Crippen MR) is 73.9 cm³/mol. The van der Waals surface area contributed by atoms with Crippen molar-refractivity contribution in [2.75, 3.05) is 14.1 Å². The van der Waals surface area contributed by atoms with Gasteiger partial charge >= 0.3 is 12.2 Å². The van der Waals surface area contributed by atoms with Crippen LogP contribution in [0.1, 0.15) is 5.82 Å². The first-order valence-corrected chi connectivity index (χ1v) is 7.47. The molecule has 134 valence electrons. The largest absolute Gasteiger partial charge is 0.507 e. The van der Waals surface area contributed by atoms with E-state index in [-0.39, 0.29) is 11.0 Å². The number of halogens is 4. The molecule has 8 nitrogen and oxygen atoms in total. The quantitative estimate of drug-likeness (QED) is 0.592. The highest BCUT2D eigenvalue weighted by Gasteiger charge is 2.66. The van der Waals surface area contributed by atoms with E-state index < -0.39 is 40.8 Å². The molecule has 0 radical (unpaired) electrons. The summed E-state index contributed by atoms with van der Waals surface area (Å²) in [5.74, 6) is -1.82. The molecule has 0 fully saturated rings. The number of nitrogens with zero attached hydrogens (tertiary/aromatic N) is 4. The molecule has 0 saturated heterocycles. The van der Waals surface area contributed by atoms with Crippen LogP contribution in [0.3, 0.4) is 0 Å². The van der Waals surface area contributed by atoms with Crippen molar-refractivity contribution in [2.24, 2.45) is 0 Å². The van der Waals surface area contributed by atoms with Crippen LogP contribution < -0.4 is 9.47 Å². The Morgan fingerprint density at radius 3 is 2.32 bits per heavy atom. The molecule has 13 heteroatoms. The number of imidazole rings is 1. The lowest BCUT2D eigenvalue weighted by Crippen LogP contribution is -2.52. The summed E-state index contributed by atoms with van der Waals surface area (Å²) in [5.41, 5.74) is -0.212. The average Bonchev–Trinajstić information content (AvgIpc) is 2.82. The van der Waals surface area contributed by atoms with Gasteiger partial charge in [-0.3, -0.25) is 0 Å². The van der Waals surface area contributed by atoms with Crippen LogP contribution in [0.5, 0.6) is 11.5 Å². The number of hydroxylamine groups is 2. The molecule has 1 aromatic carbocycles. The number of aromatic nitrogens is 2. The Hall–Kier alpha value is -2.43. The molecule has 1 atom stereocenters. The summed E-state index contributed by atoms with van der Waals surface area (Å²) in [6, 6.07) is 3.38. The van der Waals surface area contributed by atoms with E-state index in [0.29, 0.717) is 0 Å². The molecule has 0 spiro atoms. The number of hydrogen-bond donors (Lipinski definition) is 0. The Balaban J connectivity index is 2.18. The number of fused-ring (bicyclic) bond motifs is 2. The number of ether oxygens (including phenoxy) is 2. The van der Waals surface area contributed by atoms with Crippen molar-refractivity contribution in [3.05, 3.63) is 18.0 Å². The average molecular weight is 380 g/mol. The van der Waals surface area contributed by atoms with Crippen molar-refractivity contribution in [2.45, 2.75) is 12.2 Å². The SMILES string of the molecule is CN(C)OS(=O)n1c(C#N)nc2cc3c(cc21)OC(F)(F)C(F)(F)O3. The lowest BCUT2D eigenvalue weighted by Gasteiger charge is -2.31. The third kappa shape index (κ3) is 2.77. The topological polar surface area (TPSA) is 89.6 Å². The van der Waals surface area contributed by atoms with Crippen LogP contribution in [0.4, 0.5) is 17.6 Å². The molecule has 25 heavy (non-hydrogen) atoms. The number of benzene rings is 1. The van der Waals surface area contributed by atoms with Crippen molar-refractivity contribution in [3.8, 4) is 17.6 Å². The first-order valence-electron chi connectivity index (χ1n) is 6.44. The zero-order valence-electron chi connectivity index (χ0n) is 12.5. The smallest absolute Gasteiger partial charge is 0.421 e. The van der Waals surface area contributed by atoms with Gasteiger partial charge in [-0.15, -0.1) is 0 Å². The minimum Gasteiger partial charge on any atom is -0.421 e. The standard InChI is InChI=1S/C12H8F4N4O4S/c1-19(2)24-25(21)20-7-4-9-8(3-6(7)18-10(20)5-17)22-11(13,14)12(15,16)23-9/h3-4H,1-2H3. The van der Waals surface area contributed by atoms with Crippen LogP contribution in [0.15, 0.2) is 12.1 Å². The second-order valence-corrected chi connectivity index (χ2v) is 5.92. The molecule has 1 unspecified atom stereocenters. The second-order valence-electron chi connectivity index (χ2n) is 4.97. The van der Waals surface area contributed by atoms with E-state index in [4.69, 9.17) is 9.55 Å². The van der Waals surface area contributed by atoms with Gasteiger partial charge in [0.05, 0.1) is 11.0 Å². The molecule has 1 aliphatic heterocycles. The van der Waals surface area contributed by atoms with E-state index in [9.17, 15) is 21.8 Å². The maximum absolute atomic E-state index is 13.3. The van der Waals surface area contributed by atoms with Crippen LogP contribution in [-0.4, -0.2) is 44.5 Å². The van der Waals surface area contributed by atoms with Crippen LogP contribution >= 0.6 is 0 Å². The highest BCUT2D eigenvalue weighted by Crippen LogP contribution is 2.48. The molecule has 3 rings (SSSR count). The van der Waals surface area contributed by atoms with Crippen molar-refractivity contribution in [3.63, 3.8) is 0 Å². The first-order chi connectivity index (χ1) is 11.6. The zero-order chi connectivity index (χ0) is 18.6. The number of alkyl halides is 4. The number of nitriles is 1. The fourth-order valence-electron chi connectivity index (χ4n) is 2.00. The molecule has 2 heterocycles. The summed E-state index contributed by atoms with van der Waals surface area (Å²) in [4.78, 5) is 3.79. The predicted octanol–water partition coefficient (Wildman–Crippen LogP) is 1.78. The zero-order valence-corrected chi connectivity index (χ0v) is 13.3. The van der Waals surface area contributed by atoms with Gasteiger partial charge in [0.2, 0.25) is 5.82 Å². The summed E-state index contributed by atoms with van der Waals surface area (Å²) in [7, 11) is 2.84. The van der Waals surface area contributed by atoms with Crippen molar-refractivity contribution in [1.82, 2.24) is 14.0 Å². The van der Waals surface area contributed by atoms with Crippen LogP contribution in [-0.2, 0) is 15.6 Å². The fourth-order valence-corrected chi connectivity index (χ4v) is 2.85. The number of rotatable bonds is 3. The molecule has 2 aromatic rings. The Kier molecular flexibility index (Phi) is 3.86. The van der Waals surface area contributed by atoms with E-state index in [0.717, 1.165) is 21.2 Å². The van der Waals surface area contributed by atoms with Crippen molar-refractivity contribution >= 4 is 22.3 Å². The van der Waals surface area contributed by atoms with Gasteiger partial charge in [-0.1, -0.05) is 0 Å². The monoisotopic (exact) mass is 380 g/mol. The Morgan fingerprint density at radius 2 is 1.80 bits per heavy atom.